The number of rotatable bonds is 4. The summed E-state index contributed by atoms with van der Waals surface area (Å²) in [6.45, 7) is 7.67. The fourth-order valence-electron chi connectivity index (χ4n) is 2.84. The van der Waals surface area contributed by atoms with Crippen LogP contribution in [0.4, 0.5) is 0 Å². The van der Waals surface area contributed by atoms with Gasteiger partial charge in [-0.15, -0.1) is 0 Å². The topological polar surface area (TPSA) is 43.9 Å². The number of likely N-dealkylation sites (N-methyl/N-ethyl adjacent to an activating group) is 1. The third kappa shape index (κ3) is 3.23. The Morgan fingerprint density at radius 3 is 2.39 bits per heavy atom. The van der Waals surface area contributed by atoms with Crippen molar-refractivity contribution in [2.45, 2.75) is 25.8 Å². The molecule has 2 rings (SSSR count). The highest BCUT2D eigenvalue weighted by molar-refractivity contribution is 7.89. The summed E-state index contributed by atoms with van der Waals surface area (Å²) in [5.41, 5.74) is 0. The average Bonchev–Trinajstić information content (AvgIpc) is 2.80. The maximum atomic E-state index is 12.0. The molecule has 2 heterocycles. The molecule has 0 N–H and O–H groups in total. The lowest BCUT2D eigenvalue weighted by molar-refractivity contribution is 0.116. The molecule has 0 aromatic carbocycles. The van der Waals surface area contributed by atoms with Gasteiger partial charge in [-0.1, -0.05) is 6.92 Å². The van der Waals surface area contributed by atoms with Gasteiger partial charge in [0.15, 0.2) is 0 Å². The zero-order valence-corrected chi connectivity index (χ0v) is 12.3. The van der Waals surface area contributed by atoms with Crippen LogP contribution in [0.5, 0.6) is 0 Å². The van der Waals surface area contributed by atoms with Crippen LogP contribution in [-0.2, 0) is 10.0 Å². The quantitative estimate of drug-likeness (QED) is 0.727. The first-order chi connectivity index (χ1) is 8.53. The van der Waals surface area contributed by atoms with Crippen LogP contribution in [0.2, 0.25) is 0 Å². The summed E-state index contributed by atoms with van der Waals surface area (Å²) < 4.78 is 25.7. The van der Waals surface area contributed by atoms with Gasteiger partial charge in [0.25, 0.3) is 0 Å². The van der Waals surface area contributed by atoms with Crippen LogP contribution < -0.4 is 0 Å². The number of nitrogens with zero attached hydrogens (tertiary/aromatic N) is 3. The third-order valence-electron chi connectivity index (χ3n) is 4.04. The summed E-state index contributed by atoms with van der Waals surface area (Å²) in [6.07, 6.45) is 1.70. The molecule has 18 heavy (non-hydrogen) atoms. The molecule has 106 valence electrons. The second-order valence-corrected chi connectivity index (χ2v) is 7.54. The van der Waals surface area contributed by atoms with Crippen molar-refractivity contribution in [3.05, 3.63) is 0 Å². The van der Waals surface area contributed by atoms with E-state index < -0.39 is 10.0 Å². The number of hydrogen-bond donors (Lipinski definition) is 0. The van der Waals surface area contributed by atoms with Gasteiger partial charge in [-0.3, -0.25) is 4.90 Å². The first-order valence-corrected chi connectivity index (χ1v) is 8.54. The molecule has 0 unspecified atom stereocenters. The normalized spacial score (nSPS) is 28.9. The van der Waals surface area contributed by atoms with Crippen LogP contribution in [0.1, 0.15) is 19.8 Å². The van der Waals surface area contributed by atoms with Gasteiger partial charge < -0.3 is 4.90 Å². The Kier molecular flexibility index (Phi) is 4.64. The Morgan fingerprint density at radius 1 is 1.11 bits per heavy atom. The molecule has 2 aliphatic heterocycles. The summed E-state index contributed by atoms with van der Waals surface area (Å²) in [5, 5.41) is 0. The Bertz CT molecular complexity index is 364. The van der Waals surface area contributed by atoms with E-state index in [-0.39, 0.29) is 0 Å². The largest absolute Gasteiger partial charge is 0.304 e. The van der Waals surface area contributed by atoms with Gasteiger partial charge in [-0.05, 0) is 19.9 Å². The van der Waals surface area contributed by atoms with Crippen molar-refractivity contribution in [3.63, 3.8) is 0 Å². The van der Waals surface area contributed by atoms with E-state index in [0.29, 0.717) is 31.3 Å². The summed E-state index contributed by atoms with van der Waals surface area (Å²) in [6, 6.07) is 0.435. The van der Waals surface area contributed by atoms with Crippen LogP contribution in [0.3, 0.4) is 0 Å². The van der Waals surface area contributed by atoms with Crippen LogP contribution in [-0.4, -0.2) is 80.6 Å². The van der Waals surface area contributed by atoms with E-state index in [0.717, 1.165) is 32.6 Å². The Labute approximate surface area is 111 Å². The van der Waals surface area contributed by atoms with Crippen molar-refractivity contribution in [1.29, 1.82) is 0 Å². The number of sulfonamides is 1. The monoisotopic (exact) mass is 275 g/mol. The summed E-state index contributed by atoms with van der Waals surface area (Å²) in [4.78, 5) is 4.79. The van der Waals surface area contributed by atoms with Crippen LogP contribution in [0, 0.1) is 0 Å². The van der Waals surface area contributed by atoms with Gasteiger partial charge in [-0.2, -0.15) is 0 Å². The fraction of sp³-hybridized carbons (Fsp3) is 1.00. The molecule has 0 saturated carbocycles. The lowest BCUT2D eigenvalue weighted by Crippen LogP contribution is -2.50. The van der Waals surface area contributed by atoms with E-state index in [1.807, 2.05) is 6.92 Å². The molecule has 5 nitrogen and oxygen atoms in total. The van der Waals surface area contributed by atoms with Crippen molar-refractivity contribution in [2.24, 2.45) is 0 Å². The Morgan fingerprint density at radius 2 is 1.78 bits per heavy atom. The molecule has 0 amide bonds. The fourth-order valence-corrected chi connectivity index (χ4v) is 4.39. The minimum Gasteiger partial charge on any atom is -0.304 e. The van der Waals surface area contributed by atoms with Crippen molar-refractivity contribution < 1.29 is 8.42 Å². The molecule has 0 aromatic rings. The highest BCUT2D eigenvalue weighted by Crippen LogP contribution is 2.20. The minimum atomic E-state index is -3.00. The highest BCUT2D eigenvalue weighted by Gasteiger charge is 2.34. The molecular weight excluding hydrogens is 250 g/mol. The smallest absolute Gasteiger partial charge is 0.214 e. The highest BCUT2D eigenvalue weighted by atomic mass is 32.2. The zero-order chi connectivity index (χ0) is 13.2. The number of hydrogen-bond acceptors (Lipinski definition) is 4. The van der Waals surface area contributed by atoms with E-state index in [1.165, 1.54) is 0 Å². The van der Waals surface area contributed by atoms with Crippen LogP contribution >= 0.6 is 0 Å². The maximum Gasteiger partial charge on any atom is 0.214 e. The summed E-state index contributed by atoms with van der Waals surface area (Å²) in [5.74, 6) is 0.294. The summed E-state index contributed by atoms with van der Waals surface area (Å²) in [7, 11) is -0.853. The van der Waals surface area contributed by atoms with Crippen LogP contribution in [0.15, 0.2) is 0 Å². The molecule has 2 fully saturated rings. The van der Waals surface area contributed by atoms with E-state index in [9.17, 15) is 8.42 Å². The lowest BCUT2D eigenvalue weighted by atomic mass is 10.2. The third-order valence-corrected chi connectivity index (χ3v) is 6.08. The molecule has 0 aromatic heterocycles. The second kappa shape index (κ2) is 5.86. The maximum absolute atomic E-state index is 12.0. The van der Waals surface area contributed by atoms with E-state index in [4.69, 9.17) is 0 Å². The summed E-state index contributed by atoms with van der Waals surface area (Å²) >= 11 is 0. The molecule has 0 spiro atoms. The van der Waals surface area contributed by atoms with Gasteiger partial charge in [0.05, 0.1) is 5.75 Å². The predicted molar refractivity (Wildman–Crippen MR) is 73.1 cm³/mol. The lowest BCUT2D eigenvalue weighted by Gasteiger charge is -2.36. The molecule has 2 saturated heterocycles. The van der Waals surface area contributed by atoms with Crippen molar-refractivity contribution in [1.82, 2.24) is 14.1 Å². The molecular formula is C12H25N3O2S. The van der Waals surface area contributed by atoms with Gasteiger partial charge in [0.1, 0.15) is 0 Å². The standard InChI is InChI=1S/C12H25N3O2S/c1-3-10-18(16,17)15-5-4-12(11-15)14-8-6-13(2)7-9-14/h12H,3-11H2,1-2H3/t12-/m0/s1. The van der Waals surface area contributed by atoms with Gasteiger partial charge in [-0.25, -0.2) is 12.7 Å². The second-order valence-electron chi connectivity index (χ2n) is 5.46. The van der Waals surface area contributed by atoms with E-state index in [1.54, 1.807) is 4.31 Å². The van der Waals surface area contributed by atoms with Crippen molar-refractivity contribution >= 4 is 10.0 Å². The SMILES string of the molecule is CCCS(=O)(=O)N1CC[C@H](N2CCN(C)CC2)C1. The minimum absolute atomic E-state index is 0.294. The number of piperazine rings is 1. The van der Waals surface area contributed by atoms with Gasteiger partial charge in [0.2, 0.25) is 10.0 Å². The van der Waals surface area contributed by atoms with Crippen molar-refractivity contribution in [3.8, 4) is 0 Å². The Hall–Kier alpha value is -0.170. The van der Waals surface area contributed by atoms with Gasteiger partial charge >= 0.3 is 0 Å². The Balaban J connectivity index is 1.88. The predicted octanol–water partition coefficient (Wildman–Crippen LogP) is 0.0479. The molecule has 0 aliphatic carbocycles. The zero-order valence-electron chi connectivity index (χ0n) is 11.5. The molecule has 6 heteroatoms. The molecule has 2 aliphatic rings. The van der Waals surface area contributed by atoms with E-state index in [2.05, 4.69) is 16.8 Å². The van der Waals surface area contributed by atoms with E-state index >= 15 is 0 Å². The van der Waals surface area contributed by atoms with Gasteiger partial charge in [0, 0.05) is 45.3 Å². The molecule has 0 radical (unpaired) electrons. The first-order valence-electron chi connectivity index (χ1n) is 6.93. The van der Waals surface area contributed by atoms with Crippen molar-refractivity contribution in [2.75, 3.05) is 52.1 Å². The average molecular weight is 275 g/mol. The first kappa shape index (κ1) is 14.2. The molecule has 1 atom stereocenters. The van der Waals surface area contributed by atoms with Crippen LogP contribution in [0.25, 0.3) is 0 Å². The molecule has 0 bridgehead atoms.